The fourth-order valence-corrected chi connectivity index (χ4v) is 3.08. The van der Waals surface area contributed by atoms with E-state index in [-0.39, 0.29) is 17.3 Å². The maximum atomic E-state index is 13.7. The van der Waals surface area contributed by atoms with Crippen molar-refractivity contribution in [2.75, 3.05) is 0 Å². The summed E-state index contributed by atoms with van der Waals surface area (Å²) in [6.07, 6.45) is 5.21. The van der Waals surface area contributed by atoms with Gasteiger partial charge >= 0.3 is 0 Å². The summed E-state index contributed by atoms with van der Waals surface area (Å²) in [5, 5.41) is 0. The van der Waals surface area contributed by atoms with Crippen molar-refractivity contribution in [2.24, 2.45) is 11.8 Å². The van der Waals surface area contributed by atoms with E-state index in [4.69, 9.17) is 0 Å². The van der Waals surface area contributed by atoms with Crippen LogP contribution in [-0.2, 0) is 0 Å². The van der Waals surface area contributed by atoms with Gasteiger partial charge in [0, 0.05) is 10.4 Å². The Morgan fingerprint density at radius 2 is 2.00 bits per heavy atom. The van der Waals surface area contributed by atoms with E-state index in [9.17, 15) is 9.18 Å². The van der Waals surface area contributed by atoms with Crippen LogP contribution in [0.15, 0.2) is 22.7 Å². The number of benzene rings is 1. The average Bonchev–Trinajstić information content (AvgIpc) is 2.38. The Labute approximate surface area is 116 Å². The molecule has 0 saturated heterocycles. The number of hydrogen-bond acceptors (Lipinski definition) is 1. The van der Waals surface area contributed by atoms with E-state index >= 15 is 0 Å². The van der Waals surface area contributed by atoms with Gasteiger partial charge in [0.1, 0.15) is 5.82 Å². The van der Waals surface area contributed by atoms with E-state index in [1.54, 1.807) is 12.1 Å². The van der Waals surface area contributed by atoms with Crippen molar-refractivity contribution >= 4 is 21.7 Å². The van der Waals surface area contributed by atoms with Crippen LogP contribution < -0.4 is 0 Å². The second-order valence-electron chi connectivity index (χ2n) is 5.11. The number of hydrogen-bond donors (Lipinski definition) is 0. The van der Waals surface area contributed by atoms with Gasteiger partial charge in [-0.1, -0.05) is 29.3 Å². The fourth-order valence-electron chi connectivity index (χ4n) is 2.74. The highest BCUT2D eigenvalue weighted by molar-refractivity contribution is 9.10. The molecule has 0 unspecified atom stereocenters. The number of Topliss-reactive ketones (excluding diaryl/α,β-unsaturated/α-hetero) is 1. The normalized spacial score (nSPS) is 23.9. The third-order valence-electron chi connectivity index (χ3n) is 3.99. The summed E-state index contributed by atoms with van der Waals surface area (Å²) in [6.45, 7) is 2.20. The summed E-state index contributed by atoms with van der Waals surface area (Å²) < 4.78 is 14.4. The van der Waals surface area contributed by atoms with Crippen LogP contribution in [0.25, 0.3) is 0 Å². The predicted molar refractivity (Wildman–Crippen MR) is 74.2 cm³/mol. The van der Waals surface area contributed by atoms with Gasteiger partial charge in [-0.05, 0) is 49.8 Å². The molecule has 0 spiro atoms. The van der Waals surface area contributed by atoms with Crippen molar-refractivity contribution in [3.05, 3.63) is 34.1 Å². The van der Waals surface area contributed by atoms with E-state index in [1.807, 2.05) is 0 Å². The van der Waals surface area contributed by atoms with E-state index in [2.05, 4.69) is 22.9 Å². The minimum absolute atomic E-state index is 0.0171. The van der Waals surface area contributed by atoms with Crippen LogP contribution >= 0.6 is 15.9 Å². The molecule has 1 aliphatic rings. The van der Waals surface area contributed by atoms with E-state index in [0.717, 1.165) is 31.6 Å². The minimum Gasteiger partial charge on any atom is -0.294 e. The number of rotatable bonds is 3. The molecule has 1 aromatic carbocycles. The lowest BCUT2D eigenvalue weighted by atomic mass is 9.78. The molecule has 1 fully saturated rings. The second kappa shape index (κ2) is 5.96. The second-order valence-corrected chi connectivity index (χ2v) is 6.03. The SMILES string of the molecule is CCC1CCC(C(=O)c2ccc(Br)cc2F)CC1. The Morgan fingerprint density at radius 3 is 2.56 bits per heavy atom. The Bertz CT molecular complexity index is 436. The maximum Gasteiger partial charge on any atom is 0.168 e. The Kier molecular flexibility index (Phi) is 4.55. The van der Waals surface area contributed by atoms with Gasteiger partial charge in [0.25, 0.3) is 0 Å². The van der Waals surface area contributed by atoms with Crippen molar-refractivity contribution < 1.29 is 9.18 Å². The highest BCUT2D eigenvalue weighted by Crippen LogP contribution is 2.33. The molecule has 0 atom stereocenters. The molecular formula is C15H18BrFO. The maximum absolute atomic E-state index is 13.7. The number of halogens is 2. The average molecular weight is 313 g/mol. The molecule has 0 radical (unpaired) electrons. The first-order valence-corrected chi connectivity index (χ1v) is 7.40. The molecule has 0 aliphatic heterocycles. The highest BCUT2D eigenvalue weighted by Gasteiger charge is 2.27. The summed E-state index contributed by atoms with van der Waals surface area (Å²) in [6, 6.07) is 4.69. The van der Waals surface area contributed by atoms with Gasteiger partial charge in [-0.25, -0.2) is 4.39 Å². The molecule has 98 valence electrons. The molecule has 0 amide bonds. The molecular weight excluding hydrogens is 295 g/mol. The monoisotopic (exact) mass is 312 g/mol. The van der Waals surface area contributed by atoms with Crippen LogP contribution in [0.5, 0.6) is 0 Å². The van der Waals surface area contributed by atoms with Crippen molar-refractivity contribution in [3.8, 4) is 0 Å². The zero-order valence-electron chi connectivity index (χ0n) is 10.6. The molecule has 1 saturated carbocycles. The van der Waals surface area contributed by atoms with Crippen LogP contribution in [0.1, 0.15) is 49.4 Å². The molecule has 1 nitrogen and oxygen atoms in total. The summed E-state index contributed by atoms with van der Waals surface area (Å²) in [5.41, 5.74) is 0.248. The predicted octanol–water partition coefficient (Wildman–Crippen LogP) is 4.99. The lowest BCUT2D eigenvalue weighted by Crippen LogP contribution is -2.22. The molecule has 0 N–H and O–H groups in total. The number of carbonyl (C=O) groups is 1. The third kappa shape index (κ3) is 3.00. The molecule has 0 bridgehead atoms. The standard InChI is InChI=1S/C15H18BrFO/c1-2-10-3-5-11(6-4-10)15(18)13-8-7-12(16)9-14(13)17/h7-11H,2-6H2,1H3. The molecule has 1 aromatic rings. The van der Waals surface area contributed by atoms with Crippen LogP contribution in [0.4, 0.5) is 4.39 Å². The van der Waals surface area contributed by atoms with Crippen LogP contribution in [0.3, 0.4) is 0 Å². The first kappa shape index (κ1) is 13.7. The molecule has 0 heterocycles. The largest absolute Gasteiger partial charge is 0.294 e. The number of carbonyl (C=O) groups excluding carboxylic acids is 1. The Hall–Kier alpha value is -0.700. The smallest absolute Gasteiger partial charge is 0.168 e. The third-order valence-corrected chi connectivity index (χ3v) is 4.48. The lowest BCUT2D eigenvalue weighted by molar-refractivity contribution is 0.0867. The van der Waals surface area contributed by atoms with Gasteiger partial charge in [-0.3, -0.25) is 4.79 Å². The van der Waals surface area contributed by atoms with Gasteiger partial charge in [-0.15, -0.1) is 0 Å². The summed E-state index contributed by atoms with van der Waals surface area (Å²) in [5.74, 6) is 0.342. The first-order valence-electron chi connectivity index (χ1n) is 6.61. The highest BCUT2D eigenvalue weighted by atomic mass is 79.9. The van der Waals surface area contributed by atoms with Crippen LogP contribution in [0.2, 0.25) is 0 Å². The van der Waals surface area contributed by atoms with Crippen molar-refractivity contribution in [3.63, 3.8) is 0 Å². The van der Waals surface area contributed by atoms with Gasteiger partial charge in [0.15, 0.2) is 5.78 Å². The van der Waals surface area contributed by atoms with E-state index in [0.29, 0.717) is 4.47 Å². The summed E-state index contributed by atoms with van der Waals surface area (Å²) in [4.78, 5) is 12.3. The zero-order chi connectivity index (χ0) is 13.1. The Morgan fingerprint density at radius 1 is 1.33 bits per heavy atom. The molecule has 3 heteroatoms. The quantitative estimate of drug-likeness (QED) is 0.719. The minimum atomic E-state index is -0.410. The number of ketones is 1. The molecule has 0 aromatic heterocycles. The first-order chi connectivity index (χ1) is 8.61. The summed E-state index contributed by atoms with van der Waals surface area (Å²) in [7, 11) is 0. The topological polar surface area (TPSA) is 17.1 Å². The fraction of sp³-hybridized carbons (Fsp3) is 0.533. The van der Waals surface area contributed by atoms with Crippen molar-refractivity contribution in [2.45, 2.75) is 39.0 Å². The summed E-state index contributed by atoms with van der Waals surface area (Å²) >= 11 is 3.21. The van der Waals surface area contributed by atoms with E-state index < -0.39 is 5.82 Å². The molecule has 1 aliphatic carbocycles. The zero-order valence-corrected chi connectivity index (χ0v) is 12.2. The van der Waals surface area contributed by atoms with Gasteiger partial charge < -0.3 is 0 Å². The Balaban J connectivity index is 2.08. The molecule has 18 heavy (non-hydrogen) atoms. The van der Waals surface area contributed by atoms with Crippen LogP contribution in [-0.4, -0.2) is 5.78 Å². The van der Waals surface area contributed by atoms with Crippen molar-refractivity contribution in [1.29, 1.82) is 0 Å². The van der Waals surface area contributed by atoms with E-state index in [1.165, 1.54) is 12.5 Å². The van der Waals surface area contributed by atoms with Gasteiger partial charge in [-0.2, -0.15) is 0 Å². The van der Waals surface area contributed by atoms with Crippen LogP contribution in [0, 0.1) is 17.7 Å². The lowest BCUT2D eigenvalue weighted by Gasteiger charge is -2.26. The van der Waals surface area contributed by atoms with Crippen molar-refractivity contribution in [1.82, 2.24) is 0 Å². The molecule has 2 rings (SSSR count). The van der Waals surface area contributed by atoms with Gasteiger partial charge in [0.2, 0.25) is 0 Å². The van der Waals surface area contributed by atoms with Gasteiger partial charge in [0.05, 0.1) is 5.56 Å².